The Kier molecular flexibility index (Phi) is 7.23. The van der Waals surface area contributed by atoms with Crippen molar-refractivity contribution in [3.63, 3.8) is 0 Å². The minimum absolute atomic E-state index is 0.771. The fraction of sp³-hybridized carbons (Fsp3) is 0.667. The highest BCUT2D eigenvalue weighted by Gasteiger charge is 2.03. The van der Waals surface area contributed by atoms with Gasteiger partial charge < -0.3 is 9.88 Å². The lowest BCUT2D eigenvalue weighted by Crippen LogP contribution is -2.07. The Morgan fingerprint density at radius 1 is 1.28 bits per heavy atom. The van der Waals surface area contributed by atoms with Gasteiger partial charge in [-0.3, -0.25) is 0 Å². The average molecular weight is 249 g/mol. The molecule has 0 aliphatic heterocycles. The SMILES string of the molecule is C=CCNc1nc(C)cn1CCCCCCCC. The van der Waals surface area contributed by atoms with Crippen LogP contribution < -0.4 is 5.32 Å². The number of nitrogens with zero attached hydrogens (tertiary/aromatic N) is 2. The first-order chi connectivity index (χ1) is 8.77. The fourth-order valence-corrected chi connectivity index (χ4v) is 2.08. The van der Waals surface area contributed by atoms with Gasteiger partial charge in [0, 0.05) is 19.3 Å². The third kappa shape index (κ3) is 5.39. The van der Waals surface area contributed by atoms with Crippen LogP contribution in [0.15, 0.2) is 18.9 Å². The van der Waals surface area contributed by atoms with Gasteiger partial charge in [0.2, 0.25) is 5.95 Å². The summed E-state index contributed by atoms with van der Waals surface area (Å²) in [5, 5.41) is 3.28. The van der Waals surface area contributed by atoms with Gasteiger partial charge >= 0.3 is 0 Å². The van der Waals surface area contributed by atoms with Crippen LogP contribution in [0, 0.1) is 6.92 Å². The zero-order chi connectivity index (χ0) is 13.2. The molecule has 0 saturated heterocycles. The molecule has 0 aromatic carbocycles. The maximum Gasteiger partial charge on any atom is 0.203 e. The largest absolute Gasteiger partial charge is 0.352 e. The van der Waals surface area contributed by atoms with Gasteiger partial charge in [0.25, 0.3) is 0 Å². The quantitative estimate of drug-likeness (QED) is 0.498. The molecule has 1 aromatic heterocycles. The van der Waals surface area contributed by atoms with Crippen molar-refractivity contribution < 1.29 is 0 Å². The zero-order valence-electron chi connectivity index (χ0n) is 11.9. The van der Waals surface area contributed by atoms with Crippen LogP contribution in [0.1, 0.15) is 51.1 Å². The number of nitrogens with one attached hydrogen (secondary N) is 1. The molecule has 0 aliphatic carbocycles. The molecule has 0 unspecified atom stereocenters. The first-order valence-corrected chi connectivity index (χ1v) is 7.16. The summed E-state index contributed by atoms with van der Waals surface area (Å²) in [5.41, 5.74) is 1.08. The third-order valence-electron chi connectivity index (χ3n) is 3.05. The molecular formula is C15H27N3. The van der Waals surface area contributed by atoms with Crippen LogP contribution in [0.3, 0.4) is 0 Å². The molecule has 0 saturated carbocycles. The predicted octanol–water partition coefficient (Wildman–Crippen LogP) is 4.15. The van der Waals surface area contributed by atoms with Crippen molar-refractivity contribution in [2.45, 2.75) is 58.9 Å². The van der Waals surface area contributed by atoms with E-state index in [0.29, 0.717) is 0 Å². The van der Waals surface area contributed by atoms with Gasteiger partial charge in [-0.2, -0.15) is 0 Å². The summed E-state index contributed by atoms with van der Waals surface area (Å²) < 4.78 is 2.22. The summed E-state index contributed by atoms with van der Waals surface area (Å²) in [4.78, 5) is 4.48. The second-order valence-corrected chi connectivity index (χ2v) is 4.84. The molecule has 102 valence electrons. The van der Waals surface area contributed by atoms with Crippen LogP contribution in [-0.4, -0.2) is 16.1 Å². The van der Waals surface area contributed by atoms with Crippen molar-refractivity contribution in [1.82, 2.24) is 9.55 Å². The summed E-state index contributed by atoms with van der Waals surface area (Å²) >= 11 is 0. The van der Waals surface area contributed by atoms with Crippen molar-refractivity contribution in [3.8, 4) is 0 Å². The van der Waals surface area contributed by atoms with Gasteiger partial charge in [-0.05, 0) is 13.3 Å². The van der Waals surface area contributed by atoms with Crippen molar-refractivity contribution in [2.75, 3.05) is 11.9 Å². The Hall–Kier alpha value is -1.25. The maximum absolute atomic E-state index is 4.48. The molecule has 0 aliphatic rings. The van der Waals surface area contributed by atoms with E-state index in [1.54, 1.807) is 0 Å². The summed E-state index contributed by atoms with van der Waals surface area (Å²) in [6, 6.07) is 0. The molecular weight excluding hydrogens is 222 g/mol. The van der Waals surface area contributed by atoms with Crippen LogP contribution >= 0.6 is 0 Å². The van der Waals surface area contributed by atoms with E-state index in [2.05, 4.69) is 34.6 Å². The molecule has 0 radical (unpaired) electrons. The van der Waals surface area contributed by atoms with E-state index in [1.807, 2.05) is 13.0 Å². The number of aryl methyl sites for hydroxylation is 2. The molecule has 1 N–H and O–H groups in total. The second-order valence-electron chi connectivity index (χ2n) is 4.84. The minimum Gasteiger partial charge on any atom is -0.352 e. The van der Waals surface area contributed by atoms with Crippen LogP contribution in [-0.2, 0) is 6.54 Å². The van der Waals surface area contributed by atoms with Crippen LogP contribution in [0.4, 0.5) is 5.95 Å². The molecule has 0 bridgehead atoms. The highest BCUT2D eigenvalue weighted by atomic mass is 15.2. The summed E-state index contributed by atoms with van der Waals surface area (Å²) in [6.07, 6.45) is 12.0. The number of imidazole rings is 1. The third-order valence-corrected chi connectivity index (χ3v) is 3.05. The summed E-state index contributed by atoms with van der Waals surface area (Å²) in [6.45, 7) is 9.84. The Morgan fingerprint density at radius 3 is 2.72 bits per heavy atom. The summed E-state index contributed by atoms with van der Waals surface area (Å²) in [7, 11) is 0. The number of aromatic nitrogens is 2. The topological polar surface area (TPSA) is 29.9 Å². The fourth-order valence-electron chi connectivity index (χ4n) is 2.08. The number of hydrogen-bond donors (Lipinski definition) is 1. The predicted molar refractivity (Wildman–Crippen MR) is 79.0 cm³/mol. The van der Waals surface area contributed by atoms with Crippen molar-refractivity contribution >= 4 is 5.95 Å². The van der Waals surface area contributed by atoms with Gasteiger partial charge in [-0.15, -0.1) is 6.58 Å². The minimum atomic E-state index is 0.771. The van der Waals surface area contributed by atoms with Crippen molar-refractivity contribution in [3.05, 3.63) is 24.5 Å². The van der Waals surface area contributed by atoms with Crippen molar-refractivity contribution in [2.24, 2.45) is 0 Å². The second kappa shape index (κ2) is 8.78. The van der Waals surface area contributed by atoms with E-state index in [9.17, 15) is 0 Å². The normalized spacial score (nSPS) is 10.6. The van der Waals surface area contributed by atoms with E-state index >= 15 is 0 Å². The Bertz CT molecular complexity index is 342. The zero-order valence-corrected chi connectivity index (χ0v) is 11.9. The number of anilines is 1. The molecule has 3 heteroatoms. The molecule has 1 heterocycles. The Balaban J connectivity index is 2.29. The first kappa shape index (κ1) is 14.8. The van der Waals surface area contributed by atoms with Crippen molar-refractivity contribution in [1.29, 1.82) is 0 Å². The molecule has 1 rings (SSSR count). The van der Waals surface area contributed by atoms with Crippen LogP contribution in [0.25, 0.3) is 0 Å². The lowest BCUT2D eigenvalue weighted by Gasteiger charge is -2.08. The van der Waals surface area contributed by atoms with E-state index < -0.39 is 0 Å². The van der Waals surface area contributed by atoms with E-state index in [4.69, 9.17) is 0 Å². The van der Waals surface area contributed by atoms with Crippen LogP contribution in [0.5, 0.6) is 0 Å². The molecule has 3 nitrogen and oxygen atoms in total. The lowest BCUT2D eigenvalue weighted by atomic mass is 10.1. The van der Waals surface area contributed by atoms with E-state index in [1.165, 1.54) is 38.5 Å². The molecule has 0 spiro atoms. The van der Waals surface area contributed by atoms with E-state index in [-0.39, 0.29) is 0 Å². The van der Waals surface area contributed by atoms with Gasteiger partial charge in [0.1, 0.15) is 0 Å². The smallest absolute Gasteiger partial charge is 0.203 e. The Labute approximate surface area is 111 Å². The van der Waals surface area contributed by atoms with Gasteiger partial charge in [0.05, 0.1) is 5.69 Å². The molecule has 0 fully saturated rings. The number of unbranched alkanes of at least 4 members (excludes halogenated alkanes) is 5. The van der Waals surface area contributed by atoms with Crippen LogP contribution in [0.2, 0.25) is 0 Å². The molecule has 0 atom stereocenters. The number of hydrogen-bond acceptors (Lipinski definition) is 2. The van der Waals surface area contributed by atoms with Gasteiger partial charge in [-0.25, -0.2) is 4.98 Å². The van der Waals surface area contributed by atoms with E-state index in [0.717, 1.165) is 24.7 Å². The van der Waals surface area contributed by atoms with Gasteiger partial charge in [0.15, 0.2) is 0 Å². The first-order valence-electron chi connectivity index (χ1n) is 7.16. The molecule has 1 aromatic rings. The highest BCUT2D eigenvalue weighted by Crippen LogP contribution is 2.11. The average Bonchev–Trinajstić information content (AvgIpc) is 2.71. The molecule has 18 heavy (non-hydrogen) atoms. The number of rotatable bonds is 10. The standard InChI is InChI=1S/C15H27N3/c1-4-6-7-8-9-10-12-18-13-14(3)17-15(18)16-11-5-2/h5,13H,2,4,6-12H2,1,3H3,(H,16,17). The van der Waals surface area contributed by atoms with Gasteiger partial charge in [-0.1, -0.05) is 45.1 Å². The molecule has 0 amide bonds. The maximum atomic E-state index is 4.48. The lowest BCUT2D eigenvalue weighted by molar-refractivity contribution is 0.560. The summed E-state index contributed by atoms with van der Waals surface area (Å²) in [5.74, 6) is 0.973. The Morgan fingerprint density at radius 2 is 2.00 bits per heavy atom. The monoisotopic (exact) mass is 249 g/mol. The highest BCUT2D eigenvalue weighted by molar-refractivity contribution is 5.29.